The summed E-state index contributed by atoms with van der Waals surface area (Å²) in [4.78, 5) is 11.4. The molecule has 0 bridgehead atoms. The Hall–Kier alpha value is -0.570. The van der Waals surface area contributed by atoms with Crippen molar-refractivity contribution in [3.8, 4) is 0 Å². The molecule has 3 nitrogen and oxygen atoms in total. The first kappa shape index (κ1) is 16.4. The number of rotatable bonds is 11. The van der Waals surface area contributed by atoms with Crippen LogP contribution < -0.4 is 10.6 Å². The fourth-order valence-electron chi connectivity index (χ4n) is 1.61. The molecule has 0 saturated carbocycles. The van der Waals surface area contributed by atoms with Gasteiger partial charge in [0.15, 0.2) is 0 Å². The van der Waals surface area contributed by atoms with Crippen molar-refractivity contribution in [1.29, 1.82) is 0 Å². The zero-order valence-electron chi connectivity index (χ0n) is 11.8. The molecule has 0 rings (SSSR count). The van der Waals surface area contributed by atoms with Crippen LogP contribution in [0, 0.1) is 0 Å². The Kier molecular flexibility index (Phi) is 11.5. The van der Waals surface area contributed by atoms with Crippen LogP contribution in [-0.4, -0.2) is 25.0 Å². The molecule has 0 fully saturated rings. The largest absolute Gasteiger partial charge is 0.355 e. The van der Waals surface area contributed by atoms with Crippen LogP contribution in [0.15, 0.2) is 0 Å². The molecule has 0 spiro atoms. The number of hydrogen-bond acceptors (Lipinski definition) is 2. The van der Waals surface area contributed by atoms with Gasteiger partial charge in [0.05, 0.1) is 6.54 Å². The molecule has 17 heavy (non-hydrogen) atoms. The lowest BCUT2D eigenvalue weighted by molar-refractivity contribution is -0.120. The molecule has 1 unspecified atom stereocenters. The molecule has 0 aliphatic rings. The molecule has 3 heteroatoms. The summed E-state index contributed by atoms with van der Waals surface area (Å²) >= 11 is 0. The Morgan fingerprint density at radius 3 is 2.35 bits per heavy atom. The van der Waals surface area contributed by atoms with E-state index in [0.29, 0.717) is 12.6 Å². The van der Waals surface area contributed by atoms with Gasteiger partial charge in [0.2, 0.25) is 5.91 Å². The molecule has 1 amide bonds. The number of carbonyl (C=O) groups is 1. The van der Waals surface area contributed by atoms with Crippen molar-refractivity contribution in [2.24, 2.45) is 0 Å². The van der Waals surface area contributed by atoms with Crippen molar-refractivity contribution in [1.82, 2.24) is 10.6 Å². The molecule has 102 valence electrons. The van der Waals surface area contributed by atoms with Crippen molar-refractivity contribution in [3.63, 3.8) is 0 Å². The minimum atomic E-state index is 0.124. The van der Waals surface area contributed by atoms with Crippen LogP contribution in [0.2, 0.25) is 0 Å². The smallest absolute Gasteiger partial charge is 0.233 e. The maximum Gasteiger partial charge on any atom is 0.233 e. The third-order valence-electron chi connectivity index (χ3n) is 3.08. The Morgan fingerprint density at radius 2 is 1.71 bits per heavy atom. The zero-order chi connectivity index (χ0) is 12.9. The van der Waals surface area contributed by atoms with Crippen LogP contribution in [-0.2, 0) is 4.79 Å². The van der Waals surface area contributed by atoms with E-state index in [1.54, 1.807) is 0 Å². The highest BCUT2D eigenvalue weighted by Gasteiger charge is 2.02. The summed E-state index contributed by atoms with van der Waals surface area (Å²) in [7, 11) is 0. The second-order valence-electron chi connectivity index (χ2n) is 4.81. The van der Waals surface area contributed by atoms with Crippen molar-refractivity contribution in [3.05, 3.63) is 0 Å². The summed E-state index contributed by atoms with van der Waals surface area (Å²) in [6.07, 6.45) is 8.67. The highest BCUT2D eigenvalue weighted by molar-refractivity contribution is 5.77. The van der Waals surface area contributed by atoms with Gasteiger partial charge in [-0.2, -0.15) is 0 Å². The number of hydrogen-bond donors (Lipinski definition) is 2. The van der Waals surface area contributed by atoms with Gasteiger partial charge in [-0.3, -0.25) is 4.79 Å². The molecule has 0 heterocycles. The van der Waals surface area contributed by atoms with E-state index in [2.05, 4.69) is 31.4 Å². The van der Waals surface area contributed by atoms with Gasteiger partial charge in [-0.15, -0.1) is 0 Å². The van der Waals surface area contributed by atoms with Crippen LogP contribution >= 0.6 is 0 Å². The lowest BCUT2D eigenvalue weighted by atomic mass is 10.1. The number of unbranched alkanes of at least 4 members (excludes halogenated alkanes) is 5. The topological polar surface area (TPSA) is 41.1 Å². The van der Waals surface area contributed by atoms with Gasteiger partial charge in [0.1, 0.15) is 0 Å². The fraction of sp³-hybridized carbons (Fsp3) is 0.929. The minimum Gasteiger partial charge on any atom is -0.355 e. The first-order chi connectivity index (χ1) is 8.20. The number of amides is 1. The quantitative estimate of drug-likeness (QED) is 0.547. The fourth-order valence-corrected chi connectivity index (χ4v) is 1.61. The molecule has 0 aliphatic heterocycles. The predicted molar refractivity (Wildman–Crippen MR) is 74.1 cm³/mol. The normalized spacial score (nSPS) is 12.4. The van der Waals surface area contributed by atoms with Crippen molar-refractivity contribution in [2.45, 2.75) is 71.8 Å². The second-order valence-corrected chi connectivity index (χ2v) is 4.81. The molecular weight excluding hydrogens is 212 g/mol. The Bertz CT molecular complexity index is 183. The van der Waals surface area contributed by atoms with Crippen molar-refractivity contribution in [2.75, 3.05) is 13.1 Å². The molecule has 0 aromatic rings. The van der Waals surface area contributed by atoms with Crippen LogP contribution in [0.1, 0.15) is 65.7 Å². The zero-order valence-corrected chi connectivity index (χ0v) is 11.8. The van der Waals surface area contributed by atoms with Gasteiger partial charge in [0, 0.05) is 12.6 Å². The first-order valence-electron chi connectivity index (χ1n) is 7.20. The standard InChI is InChI=1S/C14H30N2O/c1-4-6-7-8-9-10-11-15-14(17)12-16-13(3)5-2/h13,16H,4-12H2,1-3H3,(H,15,17). The van der Waals surface area contributed by atoms with E-state index in [4.69, 9.17) is 0 Å². The van der Waals surface area contributed by atoms with Gasteiger partial charge >= 0.3 is 0 Å². The van der Waals surface area contributed by atoms with Crippen molar-refractivity contribution >= 4 is 5.91 Å². The average Bonchev–Trinajstić information content (AvgIpc) is 2.34. The van der Waals surface area contributed by atoms with Gasteiger partial charge in [-0.1, -0.05) is 46.0 Å². The molecular formula is C14H30N2O. The molecule has 0 aromatic carbocycles. The Morgan fingerprint density at radius 1 is 1.06 bits per heavy atom. The summed E-state index contributed by atoms with van der Waals surface area (Å²) in [6, 6.07) is 0.426. The SMILES string of the molecule is CCCCCCCCNC(=O)CNC(C)CC. The monoisotopic (exact) mass is 242 g/mol. The van der Waals surface area contributed by atoms with E-state index in [1.165, 1.54) is 32.1 Å². The van der Waals surface area contributed by atoms with Gasteiger partial charge in [-0.25, -0.2) is 0 Å². The van der Waals surface area contributed by atoms with Gasteiger partial charge in [-0.05, 0) is 19.8 Å². The number of carbonyl (C=O) groups excluding carboxylic acids is 1. The van der Waals surface area contributed by atoms with E-state index in [-0.39, 0.29) is 5.91 Å². The maximum atomic E-state index is 11.4. The summed E-state index contributed by atoms with van der Waals surface area (Å²) in [5.41, 5.74) is 0. The van der Waals surface area contributed by atoms with Gasteiger partial charge in [0.25, 0.3) is 0 Å². The summed E-state index contributed by atoms with van der Waals surface area (Å²) in [5, 5.41) is 6.14. The Labute approximate surface area is 107 Å². The van der Waals surface area contributed by atoms with Crippen LogP contribution in [0.5, 0.6) is 0 Å². The number of nitrogens with one attached hydrogen (secondary N) is 2. The van der Waals surface area contributed by atoms with E-state index in [0.717, 1.165) is 19.4 Å². The van der Waals surface area contributed by atoms with Gasteiger partial charge < -0.3 is 10.6 Å². The molecule has 2 N–H and O–H groups in total. The third kappa shape index (κ3) is 11.7. The van der Waals surface area contributed by atoms with Crippen molar-refractivity contribution < 1.29 is 4.79 Å². The maximum absolute atomic E-state index is 11.4. The third-order valence-corrected chi connectivity index (χ3v) is 3.08. The second kappa shape index (κ2) is 11.9. The summed E-state index contributed by atoms with van der Waals surface area (Å²) < 4.78 is 0. The summed E-state index contributed by atoms with van der Waals surface area (Å²) in [6.45, 7) is 7.72. The van der Waals surface area contributed by atoms with E-state index in [9.17, 15) is 4.79 Å². The molecule has 0 aliphatic carbocycles. The van der Waals surface area contributed by atoms with Crippen LogP contribution in [0.25, 0.3) is 0 Å². The Balaban J connectivity index is 3.22. The molecule has 0 radical (unpaired) electrons. The summed E-state index contributed by atoms with van der Waals surface area (Å²) in [5.74, 6) is 0.124. The van der Waals surface area contributed by atoms with Crippen LogP contribution in [0.4, 0.5) is 0 Å². The highest BCUT2D eigenvalue weighted by Crippen LogP contribution is 2.03. The predicted octanol–water partition coefficient (Wildman–Crippen LogP) is 2.85. The molecule has 0 saturated heterocycles. The average molecular weight is 242 g/mol. The van der Waals surface area contributed by atoms with E-state index in [1.807, 2.05) is 0 Å². The lowest BCUT2D eigenvalue weighted by Crippen LogP contribution is -2.38. The first-order valence-corrected chi connectivity index (χ1v) is 7.20. The highest BCUT2D eigenvalue weighted by atomic mass is 16.1. The van der Waals surface area contributed by atoms with Crippen LogP contribution in [0.3, 0.4) is 0 Å². The lowest BCUT2D eigenvalue weighted by Gasteiger charge is -2.11. The molecule has 1 atom stereocenters. The molecule has 0 aromatic heterocycles. The van der Waals surface area contributed by atoms with E-state index >= 15 is 0 Å². The van der Waals surface area contributed by atoms with E-state index < -0.39 is 0 Å². The minimum absolute atomic E-state index is 0.124.